The van der Waals surface area contributed by atoms with Crippen LogP contribution < -0.4 is 5.32 Å². The van der Waals surface area contributed by atoms with Crippen LogP contribution >= 0.6 is 0 Å². The van der Waals surface area contributed by atoms with Gasteiger partial charge in [0.05, 0.1) is 5.56 Å². The van der Waals surface area contributed by atoms with Crippen LogP contribution in [-0.4, -0.2) is 34.2 Å². The molecular formula is C17H13F2N3O3. The smallest absolute Gasteiger partial charge is 0.280 e. The SMILES string of the molecule is O=C(CCCN1C(=O)c2cccnc2C1=O)Nc1c(F)cccc1F. The fourth-order valence-electron chi connectivity index (χ4n) is 2.53. The zero-order chi connectivity index (χ0) is 18.0. The summed E-state index contributed by atoms with van der Waals surface area (Å²) in [6, 6.07) is 6.33. The first-order valence-corrected chi connectivity index (χ1v) is 7.54. The number of pyridine rings is 1. The summed E-state index contributed by atoms with van der Waals surface area (Å²) in [7, 11) is 0. The Bertz CT molecular complexity index is 815. The average Bonchev–Trinajstić information content (AvgIpc) is 2.84. The van der Waals surface area contributed by atoms with Crippen molar-refractivity contribution in [3.8, 4) is 0 Å². The van der Waals surface area contributed by atoms with Crippen LogP contribution in [0.2, 0.25) is 0 Å². The van der Waals surface area contributed by atoms with Crippen molar-refractivity contribution in [2.24, 2.45) is 0 Å². The van der Waals surface area contributed by atoms with Gasteiger partial charge in [-0.1, -0.05) is 6.07 Å². The number of nitrogens with one attached hydrogen (secondary N) is 1. The van der Waals surface area contributed by atoms with Crippen LogP contribution in [0.1, 0.15) is 33.7 Å². The molecular weight excluding hydrogens is 332 g/mol. The molecule has 0 aliphatic carbocycles. The maximum atomic E-state index is 13.5. The van der Waals surface area contributed by atoms with Gasteiger partial charge >= 0.3 is 0 Å². The predicted molar refractivity (Wildman–Crippen MR) is 83.8 cm³/mol. The fourth-order valence-corrected chi connectivity index (χ4v) is 2.53. The quantitative estimate of drug-likeness (QED) is 0.844. The number of carbonyl (C=O) groups excluding carboxylic acids is 3. The molecule has 3 rings (SSSR count). The van der Waals surface area contributed by atoms with Crippen molar-refractivity contribution < 1.29 is 23.2 Å². The Morgan fingerprint density at radius 2 is 1.80 bits per heavy atom. The van der Waals surface area contributed by atoms with Crippen molar-refractivity contribution in [1.82, 2.24) is 9.88 Å². The zero-order valence-corrected chi connectivity index (χ0v) is 13.0. The van der Waals surface area contributed by atoms with E-state index in [2.05, 4.69) is 10.3 Å². The average molecular weight is 345 g/mol. The van der Waals surface area contributed by atoms with Gasteiger partial charge in [0.15, 0.2) is 0 Å². The summed E-state index contributed by atoms with van der Waals surface area (Å²) < 4.78 is 26.9. The Labute approximate surface area is 141 Å². The number of benzene rings is 1. The summed E-state index contributed by atoms with van der Waals surface area (Å²) in [5.41, 5.74) is -0.201. The number of para-hydroxylation sites is 1. The number of hydrogen-bond donors (Lipinski definition) is 1. The molecule has 1 aromatic carbocycles. The standard InChI is InChI=1S/C17H13F2N3O3/c18-11-5-1-6-12(19)15(11)21-13(23)7-3-9-22-16(24)10-4-2-8-20-14(10)17(22)25/h1-2,4-6,8H,3,7,9H2,(H,21,23). The van der Waals surface area contributed by atoms with E-state index in [0.717, 1.165) is 17.0 Å². The molecule has 3 amide bonds. The van der Waals surface area contributed by atoms with Crippen molar-refractivity contribution in [3.05, 3.63) is 59.4 Å². The molecule has 1 N–H and O–H groups in total. The first kappa shape index (κ1) is 16.7. The predicted octanol–water partition coefficient (Wildman–Crippen LogP) is 2.37. The van der Waals surface area contributed by atoms with Gasteiger partial charge in [0, 0.05) is 19.2 Å². The molecule has 0 bridgehead atoms. The van der Waals surface area contributed by atoms with Crippen molar-refractivity contribution in [2.45, 2.75) is 12.8 Å². The maximum absolute atomic E-state index is 13.5. The van der Waals surface area contributed by atoms with Crippen LogP contribution in [0.5, 0.6) is 0 Å². The van der Waals surface area contributed by atoms with E-state index in [1.54, 1.807) is 6.07 Å². The summed E-state index contributed by atoms with van der Waals surface area (Å²) in [5, 5.41) is 2.15. The number of amides is 3. The topological polar surface area (TPSA) is 79.4 Å². The highest BCUT2D eigenvalue weighted by Crippen LogP contribution is 2.21. The zero-order valence-electron chi connectivity index (χ0n) is 13.0. The number of rotatable bonds is 5. The normalized spacial score (nSPS) is 13.1. The van der Waals surface area contributed by atoms with Crippen LogP contribution in [-0.2, 0) is 4.79 Å². The Balaban J connectivity index is 1.56. The summed E-state index contributed by atoms with van der Waals surface area (Å²) in [5.74, 6) is -3.34. The van der Waals surface area contributed by atoms with Crippen molar-refractivity contribution in [1.29, 1.82) is 0 Å². The lowest BCUT2D eigenvalue weighted by Crippen LogP contribution is -2.31. The molecule has 0 fully saturated rings. The highest BCUT2D eigenvalue weighted by atomic mass is 19.1. The molecule has 2 heterocycles. The van der Waals surface area contributed by atoms with Crippen molar-refractivity contribution in [3.63, 3.8) is 0 Å². The third-order valence-electron chi connectivity index (χ3n) is 3.74. The second-order valence-corrected chi connectivity index (χ2v) is 5.41. The van der Waals surface area contributed by atoms with Gasteiger partial charge in [0.2, 0.25) is 5.91 Å². The number of hydrogen-bond acceptors (Lipinski definition) is 4. The van der Waals surface area contributed by atoms with Crippen LogP contribution in [0.4, 0.5) is 14.5 Å². The number of imide groups is 1. The van der Waals surface area contributed by atoms with Crippen LogP contribution in [0.3, 0.4) is 0 Å². The van der Waals surface area contributed by atoms with E-state index in [0.29, 0.717) is 0 Å². The fraction of sp³-hybridized carbons (Fsp3) is 0.176. The summed E-state index contributed by atoms with van der Waals surface area (Å²) in [4.78, 5) is 41.0. The number of anilines is 1. The second kappa shape index (κ2) is 6.76. The molecule has 0 spiro atoms. The van der Waals surface area contributed by atoms with E-state index in [1.165, 1.54) is 18.3 Å². The highest BCUT2D eigenvalue weighted by Gasteiger charge is 2.36. The van der Waals surface area contributed by atoms with Crippen LogP contribution in [0.15, 0.2) is 36.5 Å². The van der Waals surface area contributed by atoms with Crippen LogP contribution in [0, 0.1) is 11.6 Å². The van der Waals surface area contributed by atoms with E-state index in [4.69, 9.17) is 0 Å². The van der Waals surface area contributed by atoms with Gasteiger partial charge < -0.3 is 5.32 Å². The van der Waals surface area contributed by atoms with Gasteiger partial charge in [0.25, 0.3) is 11.8 Å². The van der Waals surface area contributed by atoms with Gasteiger partial charge in [-0.05, 0) is 30.7 Å². The lowest BCUT2D eigenvalue weighted by molar-refractivity contribution is -0.116. The van der Waals surface area contributed by atoms with Gasteiger partial charge in [-0.25, -0.2) is 8.78 Å². The Kier molecular flexibility index (Phi) is 4.51. The number of fused-ring (bicyclic) bond motifs is 1. The summed E-state index contributed by atoms with van der Waals surface area (Å²) in [6.45, 7) is 0.0151. The molecule has 0 radical (unpaired) electrons. The molecule has 25 heavy (non-hydrogen) atoms. The lowest BCUT2D eigenvalue weighted by Gasteiger charge is -2.13. The molecule has 8 heteroatoms. The number of aromatic nitrogens is 1. The van der Waals surface area contributed by atoms with E-state index in [1.807, 2.05) is 0 Å². The minimum absolute atomic E-state index is 0.0151. The van der Waals surface area contributed by atoms with E-state index >= 15 is 0 Å². The number of halogens is 2. The molecule has 128 valence electrons. The second-order valence-electron chi connectivity index (χ2n) is 5.41. The van der Waals surface area contributed by atoms with E-state index in [9.17, 15) is 23.2 Å². The van der Waals surface area contributed by atoms with Crippen molar-refractivity contribution >= 4 is 23.4 Å². The minimum Gasteiger partial charge on any atom is -0.321 e. The van der Waals surface area contributed by atoms with E-state index < -0.39 is 35.0 Å². The number of carbonyl (C=O) groups is 3. The Morgan fingerprint density at radius 1 is 1.08 bits per heavy atom. The molecule has 0 unspecified atom stereocenters. The minimum atomic E-state index is -0.875. The first-order valence-electron chi connectivity index (χ1n) is 7.54. The third-order valence-corrected chi connectivity index (χ3v) is 3.74. The largest absolute Gasteiger partial charge is 0.321 e. The van der Waals surface area contributed by atoms with Crippen LogP contribution in [0.25, 0.3) is 0 Å². The van der Waals surface area contributed by atoms with Gasteiger partial charge in [-0.3, -0.25) is 24.3 Å². The molecule has 1 aromatic heterocycles. The van der Waals surface area contributed by atoms with Gasteiger partial charge in [-0.15, -0.1) is 0 Å². The molecule has 6 nitrogen and oxygen atoms in total. The van der Waals surface area contributed by atoms with Crippen molar-refractivity contribution in [2.75, 3.05) is 11.9 Å². The van der Waals surface area contributed by atoms with E-state index in [-0.39, 0.29) is 30.6 Å². The Morgan fingerprint density at radius 3 is 2.48 bits per heavy atom. The van der Waals surface area contributed by atoms with Gasteiger partial charge in [-0.2, -0.15) is 0 Å². The monoisotopic (exact) mass is 345 g/mol. The molecule has 0 saturated heterocycles. The number of nitrogens with zero attached hydrogens (tertiary/aromatic N) is 2. The third kappa shape index (κ3) is 3.23. The maximum Gasteiger partial charge on any atom is 0.280 e. The highest BCUT2D eigenvalue weighted by molar-refractivity contribution is 6.20. The van der Waals surface area contributed by atoms with Gasteiger partial charge in [0.1, 0.15) is 23.0 Å². The molecule has 2 aromatic rings. The lowest BCUT2D eigenvalue weighted by atomic mass is 10.2. The molecule has 0 atom stereocenters. The summed E-state index contributed by atoms with van der Waals surface area (Å²) in [6.07, 6.45) is 1.48. The molecule has 0 saturated carbocycles. The molecule has 1 aliphatic heterocycles. The summed E-state index contributed by atoms with van der Waals surface area (Å²) >= 11 is 0. The Hall–Kier alpha value is -3.16. The molecule has 1 aliphatic rings. The first-order chi connectivity index (χ1) is 12.0.